The molecule has 0 aliphatic carbocycles. The van der Waals surface area contributed by atoms with Crippen molar-refractivity contribution in [3.05, 3.63) is 70.9 Å². The number of nitrogens with zero attached hydrogens (tertiary/aromatic N) is 3. The molecule has 0 amide bonds. The molecule has 4 aromatic rings. The van der Waals surface area contributed by atoms with Crippen LogP contribution >= 0.6 is 0 Å². The van der Waals surface area contributed by atoms with E-state index in [1.165, 1.54) is 0 Å². The van der Waals surface area contributed by atoms with Crippen LogP contribution in [0.1, 0.15) is 24.7 Å². The van der Waals surface area contributed by atoms with E-state index in [0.29, 0.717) is 17.7 Å². The maximum atomic E-state index is 12.9. The number of fused-ring (bicyclic) bond motifs is 1. The van der Waals surface area contributed by atoms with Gasteiger partial charge in [0, 0.05) is 48.6 Å². The van der Waals surface area contributed by atoms with E-state index in [1.54, 1.807) is 41.7 Å². The number of ether oxygens (including phenoxy) is 1. The Balaban J connectivity index is 2.02. The Hall–Kier alpha value is -3.23. The van der Waals surface area contributed by atoms with Gasteiger partial charge in [0.1, 0.15) is 5.75 Å². The molecule has 4 rings (SSSR count). The van der Waals surface area contributed by atoms with E-state index >= 15 is 0 Å². The summed E-state index contributed by atoms with van der Waals surface area (Å²) in [5.41, 5.74) is 4.10. The van der Waals surface area contributed by atoms with Crippen molar-refractivity contribution in [2.45, 2.75) is 19.1 Å². The summed E-state index contributed by atoms with van der Waals surface area (Å²) in [5.74, 6) is 0.652. The van der Waals surface area contributed by atoms with Gasteiger partial charge < -0.3 is 13.9 Å². The summed E-state index contributed by atoms with van der Waals surface area (Å²) < 4.78 is 30.5. The zero-order chi connectivity index (χ0) is 23.0. The molecule has 2 atom stereocenters. The van der Waals surface area contributed by atoms with Gasteiger partial charge in [0.15, 0.2) is 11.1 Å². The van der Waals surface area contributed by atoms with E-state index in [0.717, 1.165) is 33.2 Å². The van der Waals surface area contributed by atoms with Gasteiger partial charge in [-0.25, -0.2) is 4.21 Å². The average molecular weight is 452 g/mol. The van der Waals surface area contributed by atoms with Crippen molar-refractivity contribution < 1.29 is 13.5 Å². The molecule has 0 aliphatic heterocycles. The predicted molar refractivity (Wildman–Crippen MR) is 127 cm³/mol. The van der Waals surface area contributed by atoms with Crippen molar-refractivity contribution in [2.24, 2.45) is 14.1 Å². The summed E-state index contributed by atoms with van der Waals surface area (Å²) in [6.07, 6.45) is 5.50. The maximum absolute atomic E-state index is 12.9. The van der Waals surface area contributed by atoms with Crippen molar-refractivity contribution >= 4 is 21.9 Å². The van der Waals surface area contributed by atoms with Gasteiger partial charge in [-0.05, 0) is 54.6 Å². The standard InChI is InChI=1S/C24H25N3O4S/c1-5-31-23-9-7-16(15(2)32(29)30)10-21(23)22-14-26(3)24(28)19-8-6-17(11-20(19)22)18-12-25-27(4)13-18/h6-15H,5H2,1-4H3,(H,29,30). The average Bonchev–Trinajstić information content (AvgIpc) is 3.22. The molecule has 32 heavy (non-hydrogen) atoms. The maximum Gasteiger partial charge on any atom is 0.258 e. The fourth-order valence-corrected chi connectivity index (χ4v) is 4.22. The molecular weight excluding hydrogens is 426 g/mol. The first kappa shape index (κ1) is 22.0. The van der Waals surface area contributed by atoms with Gasteiger partial charge in [0.2, 0.25) is 0 Å². The van der Waals surface area contributed by atoms with Crippen LogP contribution in [-0.4, -0.2) is 29.7 Å². The van der Waals surface area contributed by atoms with Crippen LogP contribution in [0.25, 0.3) is 33.0 Å². The molecule has 2 heterocycles. The van der Waals surface area contributed by atoms with Crippen LogP contribution in [-0.2, 0) is 25.2 Å². The van der Waals surface area contributed by atoms with E-state index in [4.69, 9.17) is 4.74 Å². The Morgan fingerprint density at radius 3 is 2.50 bits per heavy atom. The molecular formula is C24H25N3O4S. The molecule has 0 aliphatic rings. The van der Waals surface area contributed by atoms with Crippen LogP contribution in [0.4, 0.5) is 0 Å². The van der Waals surface area contributed by atoms with Gasteiger partial charge in [0.25, 0.3) is 5.56 Å². The third kappa shape index (κ3) is 3.99. The zero-order valence-corrected chi connectivity index (χ0v) is 19.2. The zero-order valence-electron chi connectivity index (χ0n) is 18.4. The van der Waals surface area contributed by atoms with Gasteiger partial charge >= 0.3 is 0 Å². The molecule has 0 bridgehead atoms. The number of benzene rings is 2. The van der Waals surface area contributed by atoms with Gasteiger partial charge in [-0.15, -0.1) is 0 Å². The molecule has 7 nitrogen and oxygen atoms in total. The molecule has 0 fully saturated rings. The molecule has 0 radical (unpaired) electrons. The lowest BCUT2D eigenvalue weighted by atomic mass is 9.95. The smallest absolute Gasteiger partial charge is 0.258 e. The van der Waals surface area contributed by atoms with Gasteiger partial charge in [-0.2, -0.15) is 5.10 Å². The van der Waals surface area contributed by atoms with Crippen molar-refractivity contribution in [1.82, 2.24) is 14.3 Å². The van der Waals surface area contributed by atoms with E-state index in [1.807, 2.05) is 50.5 Å². The third-order valence-electron chi connectivity index (χ3n) is 5.59. The summed E-state index contributed by atoms with van der Waals surface area (Å²) in [6.45, 7) is 4.08. The highest BCUT2D eigenvalue weighted by Crippen LogP contribution is 2.38. The number of aryl methyl sites for hydroxylation is 2. The van der Waals surface area contributed by atoms with Crippen LogP contribution < -0.4 is 10.3 Å². The second-order valence-corrected chi connectivity index (χ2v) is 8.99. The van der Waals surface area contributed by atoms with E-state index in [-0.39, 0.29) is 5.56 Å². The van der Waals surface area contributed by atoms with Gasteiger partial charge in [-0.1, -0.05) is 12.1 Å². The minimum absolute atomic E-state index is 0.0968. The molecule has 0 saturated heterocycles. The lowest BCUT2D eigenvalue weighted by Gasteiger charge is -2.17. The lowest BCUT2D eigenvalue weighted by molar-refractivity contribution is 0.341. The SMILES string of the molecule is CCOc1ccc(C(C)S(=O)O)cc1-c1cn(C)c(=O)c2ccc(-c3cnn(C)c3)cc12. The summed E-state index contributed by atoms with van der Waals surface area (Å²) in [7, 11) is 3.58. The normalized spacial score (nSPS) is 13.3. The fourth-order valence-electron chi connectivity index (χ4n) is 3.84. The van der Waals surface area contributed by atoms with E-state index < -0.39 is 16.3 Å². The van der Waals surface area contributed by atoms with E-state index in [9.17, 15) is 13.6 Å². The van der Waals surface area contributed by atoms with Crippen molar-refractivity contribution in [1.29, 1.82) is 0 Å². The Labute approximate surface area is 188 Å². The molecule has 0 saturated carbocycles. The van der Waals surface area contributed by atoms with Crippen molar-refractivity contribution in [3.63, 3.8) is 0 Å². The third-order valence-corrected chi connectivity index (χ3v) is 6.46. The Morgan fingerprint density at radius 1 is 1.06 bits per heavy atom. The highest BCUT2D eigenvalue weighted by Gasteiger charge is 2.18. The molecule has 8 heteroatoms. The highest BCUT2D eigenvalue weighted by molar-refractivity contribution is 7.79. The van der Waals surface area contributed by atoms with E-state index in [2.05, 4.69) is 5.10 Å². The molecule has 2 aromatic heterocycles. The number of hydrogen-bond acceptors (Lipinski definition) is 4. The van der Waals surface area contributed by atoms with Crippen molar-refractivity contribution in [3.8, 4) is 28.0 Å². The minimum Gasteiger partial charge on any atom is -0.493 e. The molecule has 2 unspecified atom stereocenters. The Kier molecular flexibility index (Phi) is 5.99. The van der Waals surface area contributed by atoms with Crippen molar-refractivity contribution in [2.75, 3.05) is 6.61 Å². The quantitative estimate of drug-likeness (QED) is 0.442. The van der Waals surface area contributed by atoms with Gasteiger partial charge in [0.05, 0.1) is 18.1 Å². The van der Waals surface area contributed by atoms with Crippen LogP contribution in [0.3, 0.4) is 0 Å². The second kappa shape index (κ2) is 8.72. The number of pyridine rings is 1. The highest BCUT2D eigenvalue weighted by atomic mass is 32.2. The Morgan fingerprint density at radius 2 is 1.84 bits per heavy atom. The van der Waals surface area contributed by atoms with Crippen LogP contribution in [0.5, 0.6) is 5.75 Å². The number of rotatable bonds is 6. The fraction of sp³-hybridized carbons (Fsp3) is 0.250. The first-order valence-corrected chi connectivity index (χ1v) is 11.5. The van der Waals surface area contributed by atoms with Crippen LogP contribution in [0.15, 0.2) is 59.8 Å². The first-order valence-electron chi connectivity index (χ1n) is 10.3. The van der Waals surface area contributed by atoms with Crippen LogP contribution in [0.2, 0.25) is 0 Å². The minimum atomic E-state index is -2.00. The number of aromatic nitrogens is 3. The summed E-state index contributed by atoms with van der Waals surface area (Å²) in [4.78, 5) is 12.9. The Bertz CT molecular complexity index is 1390. The molecule has 1 N–H and O–H groups in total. The predicted octanol–water partition coefficient (Wildman–Crippen LogP) is 4.29. The summed E-state index contributed by atoms with van der Waals surface area (Å²) in [5, 5.41) is 5.06. The van der Waals surface area contributed by atoms with Gasteiger partial charge in [-0.3, -0.25) is 9.48 Å². The first-order chi connectivity index (χ1) is 15.3. The number of hydrogen-bond donors (Lipinski definition) is 1. The monoisotopic (exact) mass is 451 g/mol. The molecule has 166 valence electrons. The summed E-state index contributed by atoms with van der Waals surface area (Å²) in [6, 6.07) is 11.2. The largest absolute Gasteiger partial charge is 0.493 e. The second-order valence-electron chi connectivity index (χ2n) is 7.73. The molecule has 2 aromatic carbocycles. The lowest BCUT2D eigenvalue weighted by Crippen LogP contribution is -2.16. The summed E-state index contributed by atoms with van der Waals surface area (Å²) >= 11 is -2.00. The molecule has 0 spiro atoms. The topological polar surface area (TPSA) is 86.3 Å². The van der Waals surface area contributed by atoms with Crippen LogP contribution in [0, 0.1) is 0 Å².